The highest BCUT2D eigenvalue weighted by Gasteiger charge is 2.23. The molecule has 0 spiro atoms. The van der Waals surface area contributed by atoms with Crippen LogP contribution >= 0.6 is 23.2 Å². The third-order valence-corrected chi connectivity index (χ3v) is 5.33. The summed E-state index contributed by atoms with van der Waals surface area (Å²) in [7, 11) is -3.62. The molecule has 0 unspecified atom stereocenters. The van der Waals surface area contributed by atoms with E-state index in [0.717, 1.165) is 12.8 Å². The smallest absolute Gasteiger partial charge is 0.242 e. The first kappa shape index (κ1) is 16.0. The van der Waals surface area contributed by atoms with Gasteiger partial charge in [-0.15, -0.1) is 0 Å². The van der Waals surface area contributed by atoms with Crippen LogP contribution in [0, 0.1) is 0 Å². The SMILES string of the molecule is CCCNS(=O)(=O)c1cc(Cl)cc(CNC2CC2)c1Cl. The Balaban J connectivity index is 2.27. The van der Waals surface area contributed by atoms with Crippen molar-refractivity contribution in [3.63, 3.8) is 0 Å². The van der Waals surface area contributed by atoms with Crippen molar-refractivity contribution >= 4 is 33.2 Å². The normalized spacial score (nSPS) is 15.6. The molecule has 20 heavy (non-hydrogen) atoms. The Morgan fingerprint density at radius 1 is 1.30 bits per heavy atom. The minimum absolute atomic E-state index is 0.0488. The Morgan fingerprint density at radius 2 is 2.00 bits per heavy atom. The van der Waals surface area contributed by atoms with E-state index in [0.29, 0.717) is 36.1 Å². The number of nitrogens with one attached hydrogen (secondary N) is 2. The maximum Gasteiger partial charge on any atom is 0.242 e. The van der Waals surface area contributed by atoms with Gasteiger partial charge in [0.15, 0.2) is 0 Å². The van der Waals surface area contributed by atoms with Gasteiger partial charge in [0.1, 0.15) is 4.90 Å². The summed E-state index contributed by atoms with van der Waals surface area (Å²) in [5.74, 6) is 0. The highest BCUT2D eigenvalue weighted by Crippen LogP contribution is 2.30. The van der Waals surface area contributed by atoms with E-state index in [1.165, 1.54) is 6.07 Å². The van der Waals surface area contributed by atoms with Gasteiger partial charge < -0.3 is 5.32 Å². The van der Waals surface area contributed by atoms with Crippen LogP contribution in [0.15, 0.2) is 17.0 Å². The van der Waals surface area contributed by atoms with Crippen molar-refractivity contribution in [1.82, 2.24) is 10.0 Å². The molecule has 1 fully saturated rings. The van der Waals surface area contributed by atoms with E-state index in [1.54, 1.807) is 6.07 Å². The number of benzene rings is 1. The second kappa shape index (κ2) is 6.62. The maximum atomic E-state index is 12.2. The van der Waals surface area contributed by atoms with Crippen LogP contribution in [0.2, 0.25) is 10.0 Å². The van der Waals surface area contributed by atoms with Crippen molar-refractivity contribution in [3.8, 4) is 0 Å². The van der Waals surface area contributed by atoms with E-state index in [9.17, 15) is 8.42 Å². The molecule has 4 nitrogen and oxygen atoms in total. The highest BCUT2D eigenvalue weighted by atomic mass is 35.5. The van der Waals surface area contributed by atoms with Gasteiger partial charge in [-0.25, -0.2) is 13.1 Å². The topological polar surface area (TPSA) is 58.2 Å². The number of sulfonamides is 1. The standard InChI is InChI=1S/C13H18Cl2N2O2S/c1-2-5-17-20(18,19)12-7-10(14)6-9(13(12)15)8-16-11-3-4-11/h6-7,11,16-17H,2-5,8H2,1H3. The Kier molecular flexibility index (Phi) is 5.31. The first-order chi connectivity index (χ1) is 9.44. The lowest BCUT2D eigenvalue weighted by Gasteiger charge is -2.12. The summed E-state index contributed by atoms with van der Waals surface area (Å²) in [6, 6.07) is 3.61. The van der Waals surface area contributed by atoms with Crippen LogP contribution in [-0.4, -0.2) is 21.0 Å². The average Bonchev–Trinajstić information content (AvgIpc) is 3.21. The largest absolute Gasteiger partial charge is 0.310 e. The van der Waals surface area contributed by atoms with Gasteiger partial charge in [-0.05, 0) is 37.0 Å². The minimum atomic E-state index is -3.62. The minimum Gasteiger partial charge on any atom is -0.310 e. The van der Waals surface area contributed by atoms with Gasteiger partial charge in [0.2, 0.25) is 10.0 Å². The molecule has 2 N–H and O–H groups in total. The summed E-state index contributed by atoms with van der Waals surface area (Å²) in [5, 5.41) is 3.92. The molecule has 1 aromatic rings. The molecule has 112 valence electrons. The van der Waals surface area contributed by atoms with Crippen LogP contribution in [0.5, 0.6) is 0 Å². The van der Waals surface area contributed by atoms with Crippen molar-refractivity contribution in [3.05, 3.63) is 27.7 Å². The van der Waals surface area contributed by atoms with Crippen LogP contribution in [0.3, 0.4) is 0 Å². The fourth-order valence-electron chi connectivity index (χ4n) is 1.80. The number of halogens is 2. The molecule has 0 aliphatic heterocycles. The average molecular weight is 337 g/mol. The Labute approximate surface area is 129 Å². The molecule has 0 radical (unpaired) electrons. The maximum absolute atomic E-state index is 12.2. The van der Waals surface area contributed by atoms with E-state index < -0.39 is 10.0 Å². The summed E-state index contributed by atoms with van der Waals surface area (Å²) in [4.78, 5) is 0.0488. The van der Waals surface area contributed by atoms with Crippen LogP contribution in [-0.2, 0) is 16.6 Å². The molecule has 0 aromatic heterocycles. The lowest BCUT2D eigenvalue weighted by molar-refractivity contribution is 0.580. The van der Waals surface area contributed by atoms with Gasteiger partial charge in [0, 0.05) is 24.2 Å². The first-order valence-corrected chi connectivity index (χ1v) is 8.89. The predicted molar refractivity (Wildman–Crippen MR) is 81.8 cm³/mol. The quantitative estimate of drug-likeness (QED) is 0.804. The summed E-state index contributed by atoms with van der Waals surface area (Å²) in [6.07, 6.45) is 3.02. The summed E-state index contributed by atoms with van der Waals surface area (Å²) < 4.78 is 26.9. The molecule has 0 bridgehead atoms. The van der Waals surface area contributed by atoms with Gasteiger partial charge in [-0.3, -0.25) is 0 Å². The molecule has 0 saturated heterocycles. The molecule has 2 rings (SSSR count). The van der Waals surface area contributed by atoms with Crippen molar-refractivity contribution in [2.45, 2.75) is 43.7 Å². The molecule has 0 amide bonds. The molecular weight excluding hydrogens is 319 g/mol. The molecule has 0 heterocycles. The molecule has 0 atom stereocenters. The summed E-state index contributed by atoms with van der Waals surface area (Å²) >= 11 is 12.2. The Morgan fingerprint density at radius 3 is 2.60 bits per heavy atom. The lowest BCUT2D eigenvalue weighted by atomic mass is 10.2. The molecule has 1 aliphatic rings. The van der Waals surface area contributed by atoms with Crippen LogP contribution in [0.25, 0.3) is 0 Å². The van der Waals surface area contributed by atoms with E-state index in [-0.39, 0.29) is 9.92 Å². The predicted octanol–water partition coefficient (Wildman–Crippen LogP) is 2.93. The molecule has 1 aromatic carbocycles. The Bertz CT molecular complexity index is 586. The van der Waals surface area contributed by atoms with E-state index >= 15 is 0 Å². The van der Waals surface area contributed by atoms with Gasteiger partial charge in [-0.2, -0.15) is 0 Å². The zero-order valence-electron chi connectivity index (χ0n) is 11.2. The third-order valence-electron chi connectivity index (χ3n) is 3.07. The van der Waals surface area contributed by atoms with Crippen LogP contribution in [0.1, 0.15) is 31.7 Å². The number of hydrogen-bond acceptors (Lipinski definition) is 3. The van der Waals surface area contributed by atoms with Crippen molar-refractivity contribution in [2.24, 2.45) is 0 Å². The number of hydrogen-bond donors (Lipinski definition) is 2. The van der Waals surface area contributed by atoms with Crippen molar-refractivity contribution < 1.29 is 8.42 Å². The lowest BCUT2D eigenvalue weighted by Crippen LogP contribution is -2.25. The summed E-state index contributed by atoms with van der Waals surface area (Å²) in [6.45, 7) is 2.80. The van der Waals surface area contributed by atoms with Crippen LogP contribution in [0.4, 0.5) is 0 Å². The second-order valence-electron chi connectivity index (χ2n) is 4.93. The highest BCUT2D eigenvalue weighted by molar-refractivity contribution is 7.89. The van der Waals surface area contributed by atoms with Crippen molar-refractivity contribution in [1.29, 1.82) is 0 Å². The van der Waals surface area contributed by atoms with E-state index in [2.05, 4.69) is 10.0 Å². The first-order valence-electron chi connectivity index (χ1n) is 6.65. The van der Waals surface area contributed by atoms with E-state index in [1.807, 2.05) is 6.92 Å². The van der Waals surface area contributed by atoms with Gasteiger partial charge in [0.05, 0.1) is 5.02 Å². The van der Waals surface area contributed by atoms with E-state index in [4.69, 9.17) is 23.2 Å². The fraction of sp³-hybridized carbons (Fsp3) is 0.538. The van der Waals surface area contributed by atoms with Crippen molar-refractivity contribution in [2.75, 3.05) is 6.54 Å². The van der Waals surface area contributed by atoms with Gasteiger partial charge in [-0.1, -0.05) is 30.1 Å². The van der Waals surface area contributed by atoms with Crippen LogP contribution < -0.4 is 10.0 Å². The fourth-order valence-corrected chi connectivity index (χ4v) is 3.86. The monoisotopic (exact) mass is 336 g/mol. The molecule has 7 heteroatoms. The Hall–Kier alpha value is -0.330. The third kappa shape index (κ3) is 4.09. The summed E-state index contributed by atoms with van der Waals surface area (Å²) in [5.41, 5.74) is 0.711. The van der Waals surface area contributed by atoms with Gasteiger partial charge >= 0.3 is 0 Å². The zero-order valence-corrected chi connectivity index (χ0v) is 13.6. The second-order valence-corrected chi connectivity index (χ2v) is 7.48. The zero-order chi connectivity index (χ0) is 14.8. The molecular formula is C13H18Cl2N2O2S. The van der Waals surface area contributed by atoms with Gasteiger partial charge in [0.25, 0.3) is 0 Å². The number of rotatable bonds is 7. The molecule has 1 saturated carbocycles. The molecule has 1 aliphatic carbocycles.